The molecule has 0 spiro atoms. The summed E-state index contributed by atoms with van der Waals surface area (Å²) in [5.41, 5.74) is 0. The molecule has 0 aromatic rings. The maximum atomic E-state index is 11.1. The second kappa shape index (κ2) is 4.66. The molecule has 1 aliphatic rings. The first-order valence-electron chi connectivity index (χ1n) is 4.15. The Bertz CT molecular complexity index is 224. The molecule has 1 fully saturated rings. The summed E-state index contributed by atoms with van der Waals surface area (Å²) in [6.45, 7) is 0.486. The first kappa shape index (κ1) is 10.6. The van der Waals surface area contributed by atoms with E-state index < -0.39 is 19.0 Å². The molecular formula is C7H12N2O5. The summed E-state index contributed by atoms with van der Waals surface area (Å²) < 4.78 is 4.35. The number of aliphatic hydroxyl groups excluding tert-OH is 1. The molecule has 0 bridgehead atoms. The minimum atomic E-state index is -0.986. The molecule has 2 amide bonds. The zero-order valence-corrected chi connectivity index (χ0v) is 7.55. The average molecular weight is 204 g/mol. The van der Waals surface area contributed by atoms with Crippen LogP contribution in [0.1, 0.15) is 0 Å². The fraction of sp³-hybridized carbons (Fsp3) is 0.714. The van der Waals surface area contributed by atoms with Gasteiger partial charge in [0.05, 0.1) is 0 Å². The molecule has 80 valence electrons. The van der Waals surface area contributed by atoms with Crippen LogP contribution in [0.2, 0.25) is 0 Å². The maximum absolute atomic E-state index is 11.1. The van der Waals surface area contributed by atoms with Gasteiger partial charge in [0.15, 0.2) is 6.79 Å². The molecule has 0 radical (unpaired) electrons. The van der Waals surface area contributed by atoms with Crippen molar-refractivity contribution >= 4 is 12.2 Å². The number of carbonyl (C=O) groups excluding carboxylic acids is 1. The third-order valence-electron chi connectivity index (χ3n) is 2.00. The Balaban J connectivity index is 2.35. The lowest BCUT2D eigenvalue weighted by molar-refractivity contribution is 0.0138. The summed E-state index contributed by atoms with van der Waals surface area (Å²) in [4.78, 5) is 24.1. The van der Waals surface area contributed by atoms with Gasteiger partial charge in [-0.25, -0.2) is 9.59 Å². The van der Waals surface area contributed by atoms with E-state index in [1.807, 2.05) is 0 Å². The van der Waals surface area contributed by atoms with Crippen LogP contribution < -0.4 is 0 Å². The summed E-state index contributed by atoms with van der Waals surface area (Å²) in [7, 11) is 0. The van der Waals surface area contributed by atoms with Gasteiger partial charge in [-0.15, -0.1) is 0 Å². The van der Waals surface area contributed by atoms with Crippen LogP contribution in [0, 0.1) is 0 Å². The minimum absolute atomic E-state index is 0.274. The van der Waals surface area contributed by atoms with E-state index in [1.165, 1.54) is 9.80 Å². The van der Waals surface area contributed by atoms with Gasteiger partial charge < -0.3 is 24.7 Å². The molecule has 1 aliphatic heterocycles. The smallest absolute Gasteiger partial charge is 0.411 e. The molecule has 1 saturated heterocycles. The fourth-order valence-corrected chi connectivity index (χ4v) is 1.23. The number of nitrogens with zero attached hydrogens (tertiary/aromatic N) is 2. The molecule has 2 N–H and O–H groups in total. The Morgan fingerprint density at radius 3 is 2.07 bits per heavy atom. The number of hydrogen-bond donors (Lipinski definition) is 2. The van der Waals surface area contributed by atoms with Crippen molar-refractivity contribution in [2.24, 2.45) is 0 Å². The highest BCUT2D eigenvalue weighted by Crippen LogP contribution is 2.03. The van der Waals surface area contributed by atoms with E-state index in [9.17, 15) is 9.59 Å². The Kier molecular flexibility index (Phi) is 3.52. The average Bonchev–Trinajstić information content (AvgIpc) is 2.18. The number of aliphatic hydroxyl groups is 1. The maximum Gasteiger partial charge on any atom is 0.411 e. The highest BCUT2D eigenvalue weighted by atomic mass is 16.6. The molecule has 0 saturated carbocycles. The number of ether oxygens (including phenoxy) is 1. The van der Waals surface area contributed by atoms with Crippen molar-refractivity contribution < 1.29 is 24.5 Å². The van der Waals surface area contributed by atoms with Gasteiger partial charge in [-0.3, -0.25) is 0 Å². The number of rotatable bonds is 1. The van der Waals surface area contributed by atoms with Crippen molar-refractivity contribution in [2.45, 2.75) is 0 Å². The largest absolute Gasteiger partial charge is 0.465 e. The number of carboxylic acid groups (broad SMARTS) is 1. The van der Waals surface area contributed by atoms with Crippen LogP contribution in [0.25, 0.3) is 0 Å². The molecule has 0 aromatic carbocycles. The highest BCUT2D eigenvalue weighted by Gasteiger charge is 2.24. The third-order valence-corrected chi connectivity index (χ3v) is 2.00. The fourth-order valence-electron chi connectivity index (χ4n) is 1.23. The van der Waals surface area contributed by atoms with Crippen molar-refractivity contribution in [1.82, 2.24) is 9.80 Å². The van der Waals surface area contributed by atoms with Crippen molar-refractivity contribution in [3.8, 4) is 0 Å². The van der Waals surface area contributed by atoms with E-state index in [0.717, 1.165) is 0 Å². The van der Waals surface area contributed by atoms with E-state index in [-0.39, 0.29) is 13.1 Å². The first-order valence-corrected chi connectivity index (χ1v) is 4.15. The van der Waals surface area contributed by atoms with Crippen molar-refractivity contribution in [3.63, 3.8) is 0 Å². The van der Waals surface area contributed by atoms with Crippen molar-refractivity contribution in [2.75, 3.05) is 33.0 Å². The zero-order valence-electron chi connectivity index (χ0n) is 7.55. The Hall–Kier alpha value is -1.50. The minimum Gasteiger partial charge on any atom is -0.465 e. The van der Waals surface area contributed by atoms with Crippen LogP contribution >= 0.6 is 0 Å². The number of carbonyl (C=O) groups is 2. The summed E-state index contributed by atoms with van der Waals surface area (Å²) in [5, 5.41) is 17.0. The standard InChI is InChI=1S/C7H12N2O5/c10-5-14-7(13)9-3-1-8(2-4-9)6(11)12/h10H,1-5H2,(H,11,12). The van der Waals surface area contributed by atoms with Crippen LogP contribution in [0.5, 0.6) is 0 Å². The van der Waals surface area contributed by atoms with E-state index in [1.54, 1.807) is 0 Å². The predicted octanol–water partition coefficient (Wildman–Crippen LogP) is -0.632. The van der Waals surface area contributed by atoms with Gasteiger partial charge in [0.25, 0.3) is 0 Å². The number of amides is 2. The molecule has 14 heavy (non-hydrogen) atoms. The van der Waals surface area contributed by atoms with Crippen LogP contribution in [0.15, 0.2) is 0 Å². The normalized spacial score (nSPS) is 16.6. The summed E-state index contributed by atoms with van der Waals surface area (Å²) in [5.74, 6) is 0. The Labute approximate surface area is 80.5 Å². The number of hydrogen-bond acceptors (Lipinski definition) is 4. The van der Waals surface area contributed by atoms with Crippen molar-refractivity contribution in [1.29, 1.82) is 0 Å². The SMILES string of the molecule is O=C(O)N1CCN(C(=O)OCO)CC1. The monoisotopic (exact) mass is 204 g/mol. The van der Waals surface area contributed by atoms with E-state index in [0.29, 0.717) is 13.1 Å². The van der Waals surface area contributed by atoms with E-state index >= 15 is 0 Å². The van der Waals surface area contributed by atoms with Crippen LogP contribution in [-0.4, -0.2) is 65.2 Å². The van der Waals surface area contributed by atoms with Gasteiger partial charge in [0.2, 0.25) is 0 Å². The van der Waals surface area contributed by atoms with Gasteiger partial charge in [0.1, 0.15) is 0 Å². The third kappa shape index (κ3) is 2.49. The lowest BCUT2D eigenvalue weighted by atomic mass is 10.3. The highest BCUT2D eigenvalue weighted by molar-refractivity contribution is 5.69. The molecule has 7 nitrogen and oxygen atoms in total. The second-order valence-corrected chi connectivity index (χ2v) is 2.80. The first-order chi connectivity index (χ1) is 6.65. The van der Waals surface area contributed by atoms with Gasteiger partial charge >= 0.3 is 12.2 Å². The summed E-state index contributed by atoms with van der Waals surface area (Å²) >= 11 is 0. The number of piperazine rings is 1. The summed E-state index contributed by atoms with van der Waals surface area (Å²) in [6, 6.07) is 0. The second-order valence-electron chi connectivity index (χ2n) is 2.80. The van der Waals surface area contributed by atoms with E-state index in [4.69, 9.17) is 10.2 Å². The van der Waals surface area contributed by atoms with Crippen LogP contribution in [0.4, 0.5) is 9.59 Å². The van der Waals surface area contributed by atoms with Gasteiger partial charge in [-0.1, -0.05) is 0 Å². The van der Waals surface area contributed by atoms with Gasteiger partial charge in [-0.2, -0.15) is 0 Å². The quantitative estimate of drug-likeness (QED) is 0.555. The zero-order chi connectivity index (χ0) is 10.6. The molecule has 1 rings (SSSR count). The molecule has 0 unspecified atom stereocenters. The topological polar surface area (TPSA) is 90.3 Å². The lowest BCUT2D eigenvalue weighted by Crippen LogP contribution is -2.50. The molecule has 0 atom stereocenters. The van der Waals surface area contributed by atoms with Gasteiger partial charge in [0, 0.05) is 26.2 Å². The van der Waals surface area contributed by atoms with Gasteiger partial charge in [-0.05, 0) is 0 Å². The summed E-state index contributed by atoms with van der Waals surface area (Å²) in [6.07, 6.45) is -1.60. The molecule has 0 aliphatic carbocycles. The molecule has 7 heteroatoms. The predicted molar refractivity (Wildman–Crippen MR) is 44.7 cm³/mol. The van der Waals surface area contributed by atoms with Crippen LogP contribution in [0.3, 0.4) is 0 Å². The molecular weight excluding hydrogens is 192 g/mol. The van der Waals surface area contributed by atoms with Crippen molar-refractivity contribution in [3.05, 3.63) is 0 Å². The lowest BCUT2D eigenvalue weighted by Gasteiger charge is -2.32. The van der Waals surface area contributed by atoms with Crippen LogP contribution in [-0.2, 0) is 4.74 Å². The Morgan fingerprint density at radius 1 is 1.14 bits per heavy atom. The molecule has 0 aromatic heterocycles. The molecule has 1 heterocycles. The van der Waals surface area contributed by atoms with E-state index in [2.05, 4.69) is 4.74 Å². The Morgan fingerprint density at radius 2 is 1.64 bits per heavy atom.